The summed E-state index contributed by atoms with van der Waals surface area (Å²) in [7, 11) is 1.54. The number of benzene rings is 3. The molecular weight excluding hydrogens is 490 g/mol. The first kappa shape index (κ1) is 25.7. The smallest absolute Gasteiger partial charge is 0.281 e. The number of anilines is 2. The van der Waals surface area contributed by atoms with Crippen LogP contribution < -0.4 is 29.7 Å². The van der Waals surface area contributed by atoms with Crippen LogP contribution in [0.2, 0.25) is 0 Å². The van der Waals surface area contributed by atoms with Gasteiger partial charge in [-0.15, -0.1) is 0 Å². The average molecular weight is 518 g/mol. The van der Waals surface area contributed by atoms with Crippen molar-refractivity contribution in [2.75, 3.05) is 30.5 Å². The standard InChI is InChI=1S/C28H27N3O5S/c1-4-35-25-16-19(15-22-27(33)31(28(37)30-22)20-9-7-8-18(2)14-20)12-13-24(25)36-17-26(32)29-21-10-5-6-11-23(21)34-3/h5-16H,4,17H2,1-3H3,(H,29,32)(H,30,37)/b22-15+. The largest absolute Gasteiger partial charge is 0.495 e. The van der Waals surface area contributed by atoms with Crippen molar-refractivity contribution in [2.45, 2.75) is 13.8 Å². The highest BCUT2D eigenvalue weighted by molar-refractivity contribution is 7.80. The molecule has 3 aromatic rings. The van der Waals surface area contributed by atoms with Crippen LogP contribution in [0.25, 0.3) is 6.08 Å². The molecular formula is C28H27N3O5S. The maximum absolute atomic E-state index is 13.1. The molecule has 2 amide bonds. The van der Waals surface area contributed by atoms with Crippen molar-refractivity contribution in [1.29, 1.82) is 0 Å². The second-order valence-corrected chi connectivity index (χ2v) is 8.53. The number of amides is 2. The molecule has 9 heteroatoms. The average Bonchev–Trinajstić information content (AvgIpc) is 3.16. The van der Waals surface area contributed by atoms with E-state index in [4.69, 9.17) is 26.4 Å². The Hall–Kier alpha value is -4.37. The summed E-state index contributed by atoms with van der Waals surface area (Å²) in [5, 5.41) is 6.08. The van der Waals surface area contributed by atoms with E-state index in [1.807, 2.05) is 44.2 Å². The summed E-state index contributed by atoms with van der Waals surface area (Å²) in [6.45, 7) is 3.98. The van der Waals surface area contributed by atoms with Crippen LogP contribution in [0.15, 0.2) is 72.4 Å². The number of carbonyl (C=O) groups is 2. The molecule has 0 unspecified atom stereocenters. The van der Waals surface area contributed by atoms with Crippen LogP contribution in [0.4, 0.5) is 11.4 Å². The molecule has 37 heavy (non-hydrogen) atoms. The fourth-order valence-electron chi connectivity index (χ4n) is 3.78. The topological polar surface area (TPSA) is 89.1 Å². The van der Waals surface area contributed by atoms with Gasteiger partial charge in [-0.25, -0.2) is 0 Å². The molecule has 4 rings (SSSR count). The number of nitrogens with zero attached hydrogens (tertiary/aromatic N) is 1. The first-order valence-electron chi connectivity index (χ1n) is 11.7. The molecule has 1 saturated heterocycles. The van der Waals surface area contributed by atoms with Crippen molar-refractivity contribution in [1.82, 2.24) is 5.32 Å². The van der Waals surface area contributed by atoms with Gasteiger partial charge in [0.2, 0.25) is 0 Å². The van der Waals surface area contributed by atoms with Crippen molar-refractivity contribution >= 4 is 46.6 Å². The number of para-hydroxylation sites is 2. The maximum atomic E-state index is 13.1. The molecule has 1 heterocycles. The SMILES string of the molecule is CCOc1cc(/C=C2/NC(=S)N(c3cccc(C)c3)C2=O)ccc1OCC(=O)Nc1ccccc1OC. The molecule has 0 radical (unpaired) electrons. The van der Waals surface area contributed by atoms with Gasteiger partial charge in [0.15, 0.2) is 23.2 Å². The number of aryl methyl sites for hydroxylation is 1. The third kappa shape index (κ3) is 6.07. The highest BCUT2D eigenvalue weighted by Gasteiger charge is 2.32. The molecule has 0 aromatic heterocycles. The van der Waals surface area contributed by atoms with Crippen LogP contribution in [0.3, 0.4) is 0 Å². The highest BCUT2D eigenvalue weighted by atomic mass is 32.1. The summed E-state index contributed by atoms with van der Waals surface area (Å²) in [5.41, 5.74) is 3.34. The predicted molar refractivity (Wildman–Crippen MR) is 147 cm³/mol. The molecule has 8 nitrogen and oxygen atoms in total. The fraction of sp³-hybridized carbons (Fsp3) is 0.179. The Bertz CT molecular complexity index is 1370. The van der Waals surface area contributed by atoms with E-state index in [2.05, 4.69) is 10.6 Å². The van der Waals surface area contributed by atoms with Gasteiger partial charge in [0.1, 0.15) is 11.4 Å². The van der Waals surface area contributed by atoms with Gasteiger partial charge in [-0.2, -0.15) is 0 Å². The normalized spacial score (nSPS) is 13.9. The number of carbonyl (C=O) groups excluding carboxylic acids is 2. The summed E-state index contributed by atoms with van der Waals surface area (Å²) < 4.78 is 16.7. The minimum Gasteiger partial charge on any atom is -0.495 e. The molecule has 1 fully saturated rings. The Morgan fingerprint density at radius 1 is 1.03 bits per heavy atom. The van der Waals surface area contributed by atoms with Crippen molar-refractivity contribution in [3.63, 3.8) is 0 Å². The highest BCUT2D eigenvalue weighted by Crippen LogP contribution is 2.31. The zero-order valence-electron chi connectivity index (χ0n) is 20.7. The van der Waals surface area contributed by atoms with E-state index in [1.54, 1.807) is 42.5 Å². The zero-order valence-corrected chi connectivity index (χ0v) is 21.6. The van der Waals surface area contributed by atoms with Crippen LogP contribution >= 0.6 is 12.2 Å². The number of thiocarbonyl (C=S) groups is 1. The van der Waals surface area contributed by atoms with Crippen molar-refractivity contribution in [2.24, 2.45) is 0 Å². The Morgan fingerprint density at radius 3 is 2.59 bits per heavy atom. The van der Waals surface area contributed by atoms with Crippen LogP contribution in [0.5, 0.6) is 17.2 Å². The molecule has 1 aliphatic heterocycles. The van der Waals surface area contributed by atoms with E-state index in [-0.39, 0.29) is 18.4 Å². The molecule has 0 atom stereocenters. The summed E-state index contributed by atoms with van der Waals surface area (Å²) in [6, 6.07) is 19.9. The van der Waals surface area contributed by atoms with Crippen LogP contribution in [-0.4, -0.2) is 37.3 Å². The van der Waals surface area contributed by atoms with Gasteiger partial charge < -0.3 is 24.8 Å². The lowest BCUT2D eigenvalue weighted by Crippen LogP contribution is -2.30. The van der Waals surface area contributed by atoms with E-state index in [9.17, 15) is 9.59 Å². The Morgan fingerprint density at radius 2 is 1.84 bits per heavy atom. The van der Waals surface area contributed by atoms with Crippen molar-refractivity contribution in [3.05, 3.63) is 83.6 Å². The van der Waals surface area contributed by atoms with E-state index in [0.717, 1.165) is 5.56 Å². The zero-order chi connectivity index (χ0) is 26.4. The van der Waals surface area contributed by atoms with Gasteiger partial charge in [-0.3, -0.25) is 14.5 Å². The predicted octanol–water partition coefficient (Wildman–Crippen LogP) is 4.68. The first-order chi connectivity index (χ1) is 17.9. The Kier molecular flexibility index (Phi) is 8.05. The Balaban J connectivity index is 1.48. The minimum absolute atomic E-state index is 0.224. The third-order valence-electron chi connectivity index (χ3n) is 5.46. The number of hydrogen-bond acceptors (Lipinski definition) is 6. The lowest BCUT2D eigenvalue weighted by molar-refractivity contribution is -0.118. The first-order valence-corrected chi connectivity index (χ1v) is 12.1. The van der Waals surface area contributed by atoms with Crippen molar-refractivity contribution in [3.8, 4) is 17.2 Å². The van der Waals surface area contributed by atoms with Crippen LogP contribution in [-0.2, 0) is 9.59 Å². The van der Waals surface area contributed by atoms with E-state index < -0.39 is 0 Å². The number of nitrogens with one attached hydrogen (secondary N) is 2. The van der Waals surface area contributed by atoms with Gasteiger partial charge in [-0.05, 0) is 79.7 Å². The molecule has 1 aliphatic rings. The molecule has 190 valence electrons. The second-order valence-electron chi connectivity index (χ2n) is 8.14. The molecule has 0 bridgehead atoms. The number of ether oxygens (including phenoxy) is 3. The number of rotatable bonds is 9. The van der Waals surface area contributed by atoms with Crippen molar-refractivity contribution < 1.29 is 23.8 Å². The van der Waals surface area contributed by atoms with Gasteiger partial charge in [-0.1, -0.05) is 30.3 Å². The van der Waals surface area contributed by atoms with Gasteiger partial charge >= 0.3 is 0 Å². The summed E-state index contributed by atoms with van der Waals surface area (Å²) in [4.78, 5) is 27.0. The lowest BCUT2D eigenvalue weighted by Gasteiger charge is -2.14. The quantitative estimate of drug-likeness (QED) is 0.315. The third-order valence-corrected chi connectivity index (χ3v) is 5.74. The second kappa shape index (κ2) is 11.6. The van der Waals surface area contributed by atoms with Crippen LogP contribution in [0.1, 0.15) is 18.1 Å². The van der Waals surface area contributed by atoms with E-state index >= 15 is 0 Å². The monoisotopic (exact) mass is 517 g/mol. The summed E-state index contributed by atoms with van der Waals surface area (Å²) >= 11 is 5.41. The number of hydrogen-bond donors (Lipinski definition) is 2. The van der Waals surface area contributed by atoms with Gasteiger partial charge in [0.25, 0.3) is 11.8 Å². The van der Waals surface area contributed by atoms with Crippen LogP contribution in [0, 0.1) is 6.92 Å². The summed E-state index contributed by atoms with van der Waals surface area (Å²) in [5.74, 6) is 0.816. The van der Waals surface area contributed by atoms with E-state index in [1.165, 1.54) is 12.0 Å². The fourth-order valence-corrected chi connectivity index (χ4v) is 4.08. The molecule has 3 aromatic carbocycles. The number of methoxy groups -OCH3 is 1. The molecule has 0 saturated carbocycles. The Labute approximate surface area is 220 Å². The summed E-state index contributed by atoms with van der Waals surface area (Å²) in [6.07, 6.45) is 1.70. The molecule has 2 N–H and O–H groups in total. The molecule has 0 spiro atoms. The van der Waals surface area contributed by atoms with Gasteiger partial charge in [0.05, 0.1) is 25.1 Å². The van der Waals surface area contributed by atoms with E-state index in [0.29, 0.717) is 51.6 Å². The maximum Gasteiger partial charge on any atom is 0.281 e. The lowest BCUT2D eigenvalue weighted by atomic mass is 10.1. The van der Waals surface area contributed by atoms with Gasteiger partial charge in [0, 0.05) is 0 Å². The minimum atomic E-state index is -0.344. The molecule has 0 aliphatic carbocycles.